The summed E-state index contributed by atoms with van der Waals surface area (Å²) in [5.41, 5.74) is 17.2. The molecule has 0 saturated heterocycles. The van der Waals surface area contributed by atoms with Crippen molar-refractivity contribution >= 4 is 55.2 Å². The van der Waals surface area contributed by atoms with Crippen molar-refractivity contribution in [1.82, 2.24) is 65.0 Å². The molecule has 27 heteroatoms. The minimum Gasteiger partial charge on any atom is -0.523 e. The van der Waals surface area contributed by atoms with E-state index < -0.39 is 43.6 Å². The first-order valence-corrected chi connectivity index (χ1v) is 51.4. The van der Waals surface area contributed by atoms with Crippen molar-refractivity contribution < 1.29 is 59.1 Å². The van der Waals surface area contributed by atoms with Gasteiger partial charge in [0.05, 0.1) is 109 Å². The number of methoxy groups -OCH3 is 1. The van der Waals surface area contributed by atoms with E-state index in [2.05, 4.69) is 64.6 Å². The van der Waals surface area contributed by atoms with Gasteiger partial charge < -0.3 is 14.4 Å². The molecule has 0 radical (unpaired) electrons. The number of pyridine rings is 4. The zero-order valence-corrected chi connectivity index (χ0v) is 84.4. The molecular weight excluding hydrogens is 1910 g/mol. The van der Waals surface area contributed by atoms with Crippen LogP contribution in [0.5, 0.6) is 0 Å². The Kier molecular flexibility index (Phi) is 26.2. The third-order valence-corrected chi connectivity index (χ3v) is 33.9. The second kappa shape index (κ2) is 39.6. The number of carbonyl (C=O) groups is 2. The molecule has 1 unspecified atom stereocenters. The maximum Gasteiger partial charge on any atom is 0.203 e. The van der Waals surface area contributed by atoms with Crippen molar-refractivity contribution in [1.29, 1.82) is 0 Å². The van der Waals surface area contributed by atoms with E-state index in [-0.39, 0.29) is 104 Å². The summed E-state index contributed by atoms with van der Waals surface area (Å²) < 4.78 is 128. The van der Waals surface area contributed by atoms with Crippen molar-refractivity contribution in [3.63, 3.8) is 0 Å². The molecule has 0 amide bonds. The molecular formula is C123H108F8N14O5. The summed E-state index contributed by atoms with van der Waals surface area (Å²) in [5, 5.41) is 18.1. The Labute approximate surface area is 862 Å². The molecule has 9 heterocycles. The number of allylic oxidation sites excluding steroid dienone is 2. The summed E-state index contributed by atoms with van der Waals surface area (Å²) >= 11 is 0. The van der Waals surface area contributed by atoms with Gasteiger partial charge in [-0.2, -0.15) is 0 Å². The van der Waals surface area contributed by atoms with Gasteiger partial charge in [0, 0.05) is 153 Å². The Morgan fingerprint density at radius 2 is 0.693 bits per heavy atom. The standard InChI is InChI=1S/2C31H26F2N4O.C31H29F2N3O2.C30H27F2N3O/c1-17-24-12-11-22-27(21-8-3-5-9-25(21)33)36-30(23-13-19(15-32)35-26-10-6-4-7-20(23)26)37-29(22)31(24,2)14-18-16-34-38-28(17)18;1-17-23-13-12-21-27(20-9-4-6-10-24(20)33)36-30(37-29(21)31(23,2)15-26(34-3)28(17)38)22-14-18(16-32)35-25-11-7-5-8-19(22)25;1-17-23-13-12-21-27(20-9-4-6-10-24(20)33)35-30(36-29(21)31(23,2)15-26(38-3)28(17)37)22-14-18(16-32)34-25-11-7-5-8-19(22)25;1-17-23-12-11-21-27(20-8-3-5-9-24(20)32)34-29(35-28(21)30(23,2)14-13-26(17)36)22-15-18(16-31)33-25-10-6-4-7-19(22)25/h3-10,13,16-17,24H,11-12,14-15H2,1-2H3;4-11,14,17,23,38H,12-13,15-16H2,1-2H3;4-11,14,17,23,26H,12-13,15-16H2,1-3H3;3-10,15,17,23H,11-14,16H2,1-2H3/t17-,24-,31-;17-,23-,31-;17-,23-,26?,31-;17-,23-,30-/m1111/s1. The normalized spacial score (nSPS) is 23.2. The van der Waals surface area contributed by atoms with Gasteiger partial charge in [0.15, 0.2) is 29.1 Å². The molecule has 756 valence electrons. The summed E-state index contributed by atoms with van der Waals surface area (Å²) in [5.74, 6) is 2.07. The quantitative estimate of drug-likeness (QED) is 0.0832. The van der Waals surface area contributed by atoms with Crippen LogP contribution in [0.1, 0.15) is 192 Å². The highest BCUT2D eigenvalue weighted by molar-refractivity contribution is 5.98. The molecule has 0 spiro atoms. The molecule has 13 atom stereocenters. The Morgan fingerprint density at radius 1 is 0.380 bits per heavy atom. The van der Waals surface area contributed by atoms with Crippen molar-refractivity contribution in [3.05, 3.63) is 350 Å². The van der Waals surface area contributed by atoms with E-state index >= 15 is 17.6 Å². The van der Waals surface area contributed by atoms with Crippen LogP contribution >= 0.6 is 0 Å². The van der Waals surface area contributed by atoms with Gasteiger partial charge in [0.25, 0.3) is 0 Å². The fourth-order valence-electron chi connectivity index (χ4n) is 26.4. The third-order valence-electron chi connectivity index (χ3n) is 33.9. The number of aromatic nitrogens is 13. The van der Waals surface area contributed by atoms with Gasteiger partial charge in [-0.1, -0.05) is 182 Å². The minimum absolute atomic E-state index is 0.0484. The molecule has 19 nitrogen and oxygen atoms in total. The smallest absolute Gasteiger partial charge is 0.203 e. The average Bonchev–Trinajstić information content (AvgIpc) is 0.869. The molecule has 150 heavy (non-hydrogen) atoms. The SMILES string of the molecule is COC1C[C@@]2(C)c3nc(-c4cc(CF)nc5ccccc45)nc(-c4ccccc4F)c3CC[C@@H]2[C@@H](C)C1=O.C[C@H]1C(=O)CC[C@@]2(C)c3nc(-c4cc(CF)nc5ccccc45)nc(-c4ccccc4F)c3CC[C@H]12.C[C@H]1c2oncc2C[C@@]2(C)c3nc(-c4cc(CF)nc5ccccc45)nc(-c4ccccc4F)c3CC[C@H]12.[C-]#[N+]C1=C(O)[C@H](C)[C@H]2CCc3c(-c4ccccc4F)nc(-c4cc(CF)nc5ccccc45)nc3[C@]2(C)C1. The number of alkyl halides is 4. The predicted molar refractivity (Wildman–Crippen MR) is 560 cm³/mol. The lowest BCUT2D eigenvalue weighted by Crippen LogP contribution is -2.53. The van der Waals surface area contributed by atoms with Gasteiger partial charge in [-0.05, 0) is 198 Å². The molecule has 1 N–H and O–H groups in total. The third kappa shape index (κ3) is 17.0. The number of nitrogens with zero attached hydrogens (tertiary/aromatic N) is 14. The molecule has 9 aromatic heterocycles. The number of hydrogen-bond donors (Lipinski definition) is 1. The van der Waals surface area contributed by atoms with Crippen molar-refractivity contribution in [2.45, 2.75) is 199 Å². The van der Waals surface area contributed by atoms with E-state index in [4.69, 9.17) is 55.7 Å². The van der Waals surface area contributed by atoms with Crippen molar-refractivity contribution in [2.75, 3.05) is 7.11 Å². The molecule has 0 bridgehead atoms. The number of ether oxygens (including phenoxy) is 1. The molecule has 2 saturated carbocycles. The lowest BCUT2D eigenvalue weighted by Gasteiger charge is -2.50. The Hall–Kier alpha value is -15.3. The monoisotopic (exact) mass is 2010 g/mol. The van der Waals surface area contributed by atoms with E-state index in [0.717, 1.165) is 116 Å². The van der Waals surface area contributed by atoms with Gasteiger partial charge in [-0.25, -0.2) is 99.8 Å². The molecule has 0 aliphatic heterocycles. The molecule has 8 aliphatic rings. The molecule has 25 rings (SSSR count). The molecule has 17 aromatic rings. The second-order valence-corrected chi connectivity index (χ2v) is 42.3. The zero-order chi connectivity index (χ0) is 104. The van der Waals surface area contributed by atoms with Crippen LogP contribution in [0, 0.1) is 71.3 Å². The van der Waals surface area contributed by atoms with Crippen molar-refractivity contribution in [3.8, 4) is 90.6 Å². The van der Waals surface area contributed by atoms with Crippen LogP contribution in [-0.2, 0) is 94.8 Å². The molecule has 8 aromatic carbocycles. The second-order valence-electron chi connectivity index (χ2n) is 42.3. The predicted octanol–water partition coefficient (Wildman–Crippen LogP) is 27.8. The number of hydrogen-bond acceptors (Lipinski definition) is 18. The minimum atomic E-state index is -0.737. The lowest BCUT2D eigenvalue weighted by atomic mass is 9.55. The van der Waals surface area contributed by atoms with E-state index in [9.17, 15) is 32.3 Å². The Bertz CT molecular complexity index is 8410. The fraction of sp³-hybridized carbons (Fsp3) is 0.317. The van der Waals surface area contributed by atoms with Crippen LogP contribution in [0.15, 0.2) is 241 Å². The van der Waals surface area contributed by atoms with Gasteiger partial charge >= 0.3 is 0 Å². The highest BCUT2D eigenvalue weighted by Crippen LogP contribution is 2.60. The number of benzene rings is 8. The first-order chi connectivity index (χ1) is 72.6. The first kappa shape index (κ1) is 99.3. The summed E-state index contributed by atoms with van der Waals surface area (Å²) in [7, 11) is 1.57. The summed E-state index contributed by atoms with van der Waals surface area (Å²) in [6.07, 6.45) is 10.0. The Balaban J connectivity index is 0.000000113. The summed E-state index contributed by atoms with van der Waals surface area (Å²) in [6, 6.07) is 63.5. The lowest BCUT2D eigenvalue weighted by molar-refractivity contribution is -0.143. The zero-order valence-electron chi connectivity index (χ0n) is 84.4. The Morgan fingerprint density at radius 3 is 1.04 bits per heavy atom. The molecule has 8 aliphatic carbocycles. The number of fused-ring (bicyclic) bond motifs is 17. The maximum atomic E-state index is 15.3. The van der Waals surface area contributed by atoms with Gasteiger partial charge in [-0.15, -0.1) is 0 Å². The van der Waals surface area contributed by atoms with Gasteiger partial charge in [0.2, 0.25) is 5.70 Å². The van der Waals surface area contributed by atoms with Crippen LogP contribution in [0.3, 0.4) is 0 Å². The number of carbonyl (C=O) groups excluding carboxylic acids is 2. The number of Topliss-reactive ketones (excluding diaryl/α,β-unsaturated/α-hetero) is 2. The van der Waals surface area contributed by atoms with E-state index in [0.29, 0.717) is 180 Å². The number of para-hydroxylation sites is 4. The fourth-order valence-corrected chi connectivity index (χ4v) is 26.4. The number of aliphatic hydroxyl groups is 1. The maximum absolute atomic E-state index is 15.3. The largest absolute Gasteiger partial charge is 0.523 e. The summed E-state index contributed by atoms with van der Waals surface area (Å²) in [6.45, 7) is 21.7. The van der Waals surface area contributed by atoms with Crippen molar-refractivity contribution in [2.24, 2.45) is 41.4 Å². The topological polar surface area (TPSA) is 249 Å². The first-order valence-electron chi connectivity index (χ1n) is 51.4. The van der Waals surface area contributed by atoms with Gasteiger partial charge in [-0.3, -0.25) is 9.59 Å². The van der Waals surface area contributed by atoms with Crippen LogP contribution in [-0.4, -0.2) is 94.9 Å². The van der Waals surface area contributed by atoms with Gasteiger partial charge in [0.1, 0.15) is 67.6 Å². The van der Waals surface area contributed by atoms with E-state index in [1.54, 1.807) is 92.0 Å². The number of aliphatic hydroxyl groups excluding tert-OH is 1. The number of halogens is 8. The number of rotatable bonds is 13. The van der Waals surface area contributed by atoms with Crippen LogP contribution in [0.25, 0.3) is 139 Å². The van der Waals surface area contributed by atoms with Crippen LogP contribution < -0.4 is 0 Å². The highest BCUT2D eigenvalue weighted by atomic mass is 19.2. The highest BCUT2D eigenvalue weighted by Gasteiger charge is 2.57. The number of ketones is 2. The van der Waals surface area contributed by atoms with Crippen LogP contribution in [0.2, 0.25) is 0 Å². The van der Waals surface area contributed by atoms with E-state index in [1.165, 1.54) is 24.3 Å². The average molecular weight is 2010 g/mol. The van der Waals surface area contributed by atoms with E-state index in [1.807, 2.05) is 136 Å². The summed E-state index contributed by atoms with van der Waals surface area (Å²) in [4.78, 5) is 87.6. The van der Waals surface area contributed by atoms with Crippen LogP contribution in [0.4, 0.5) is 35.1 Å². The molecule has 2 fully saturated rings.